The van der Waals surface area contributed by atoms with Crippen molar-refractivity contribution in [3.63, 3.8) is 0 Å². The molecule has 1 heterocycles. The molecule has 2 aromatic rings. The van der Waals surface area contributed by atoms with Crippen molar-refractivity contribution in [1.29, 1.82) is 5.26 Å². The summed E-state index contributed by atoms with van der Waals surface area (Å²) in [6, 6.07) is 11.6. The van der Waals surface area contributed by atoms with Crippen LogP contribution in [0.5, 0.6) is 0 Å². The zero-order chi connectivity index (χ0) is 11.4. The molecule has 0 radical (unpaired) electrons. The van der Waals surface area contributed by atoms with Gasteiger partial charge in [-0.25, -0.2) is 0 Å². The number of nitriles is 1. The summed E-state index contributed by atoms with van der Waals surface area (Å²) in [5.41, 5.74) is 1.70. The van der Waals surface area contributed by atoms with Gasteiger partial charge in [0.05, 0.1) is 5.56 Å². The van der Waals surface area contributed by atoms with Crippen molar-refractivity contribution in [2.75, 3.05) is 5.32 Å². The van der Waals surface area contributed by atoms with Gasteiger partial charge in [-0.3, -0.25) is 0 Å². The molecule has 2 nitrogen and oxygen atoms in total. The van der Waals surface area contributed by atoms with Gasteiger partial charge in [-0.1, -0.05) is 17.7 Å². The van der Waals surface area contributed by atoms with Gasteiger partial charge in [-0.2, -0.15) is 5.26 Å². The molecule has 0 aliphatic rings. The van der Waals surface area contributed by atoms with E-state index < -0.39 is 0 Å². The number of rotatable bonds is 3. The molecule has 0 unspecified atom stereocenters. The van der Waals surface area contributed by atoms with E-state index in [-0.39, 0.29) is 0 Å². The lowest BCUT2D eigenvalue weighted by molar-refractivity contribution is 1.19. The standard InChI is InChI=1S/C12H9ClN2S/c13-10-2-1-3-11(5-10)15-7-12-4-9(6-14)8-16-12/h1-5,8,15H,7H2. The Hall–Kier alpha value is -1.50. The Balaban J connectivity index is 2.00. The van der Waals surface area contributed by atoms with Crippen LogP contribution < -0.4 is 5.32 Å². The first kappa shape index (κ1) is 11.0. The van der Waals surface area contributed by atoms with Crippen LogP contribution in [0.25, 0.3) is 0 Å². The number of thiophene rings is 1. The minimum absolute atomic E-state index is 0.715. The first-order valence-electron chi connectivity index (χ1n) is 4.75. The number of benzene rings is 1. The van der Waals surface area contributed by atoms with E-state index in [1.165, 1.54) is 0 Å². The largest absolute Gasteiger partial charge is 0.380 e. The van der Waals surface area contributed by atoms with Gasteiger partial charge in [0.25, 0.3) is 0 Å². The number of nitrogens with zero attached hydrogens (tertiary/aromatic N) is 1. The molecule has 16 heavy (non-hydrogen) atoms. The average molecular weight is 249 g/mol. The quantitative estimate of drug-likeness (QED) is 0.895. The van der Waals surface area contributed by atoms with E-state index in [0.29, 0.717) is 17.1 Å². The third-order valence-electron chi connectivity index (χ3n) is 2.07. The number of anilines is 1. The highest BCUT2D eigenvalue weighted by atomic mass is 35.5. The van der Waals surface area contributed by atoms with E-state index in [9.17, 15) is 0 Å². The van der Waals surface area contributed by atoms with Crippen LogP contribution in [0.2, 0.25) is 5.02 Å². The summed E-state index contributed by atoms with van der Waals surface area (Å²) in [6.45, 7) is 0.715. The number of halogens is 1. The maximum Gasteiger partial charge on any atom is 0.100 e. The van der Waals surface area contributed by atoms with Gasteiger partial charge in [0, 0.05) is 27.5 Å². The Bertz CT molecular complexity index is 528. The van der Waals surface area contributed by atoms with Gasteiger partial charge in [-0.05, 0) is 24.3 Å². The first-order valence-corrected chi connectivity index (χ1v) is 6.00. The number of nitrogens with one attached hydrogen (secondary N) is 1. The van der Waals surface area contributed by atoms with Crippen molar-refractivity contribution in [2.45, 2.75) is 6.54 Å². The lowest BCUT2D eigenvalue weighted by Gasteiger charge is -2.04. The lowest BCUT2D eigenvalue weighted by Crippen LogP contribution is -1.96. The minimum Gasteiger partial charge on any atom is -0.380 e. The summed E-state index contributed by atoms with van der Waals surface area (Å²) in [7, 11) is 0. The molecule has 0 bridgehead atoms. The molecule has 0 aliphatic carbocycles. The van der Waals surface area contributed by atoms with Crippen LogP contribution in [-0.2, 0) is 6.54 Å². The zero-order valence-electron chi connectivity index (χ0n) is 8.40. The van der Waals surface area contributed by atoms with Crippen LogP contribution in [-0.4, -0.2) is 0 Å². The van der Waals surface area contributed by atoms with Crippen molar-refractivity contribution >= 4 is 28.6 Å². The van der Waals surface area contributed by atoms with Gasteiger partial charge < -0.3 is 5.32 Å². The highest BCUT2D eigenvalue weighted by Gasteiger charge is 1.99. The summed E-state index contributed by atoms with van der Waals surface area (Å²) >= 11 is 7.45. The third kappa shape index (κ3) is 2.75. The van der Waals surface area contributed by atoms with Crippen LogP contribution in [0, 0.1) is 11.3 Å². The predicted molar refractivity (Wildman–Crippen MR) is 67.8 cm³/mol. The molecule has 0 saturated heterocycles. The number of hydrogen-bond donors (Lipinski definition) is 1. The summed E-state index contributed by atoms with van der Waals surface area (Å²) in [4.78, 5) is 1.14. The third-order valence-corrected chi connectivity index (χ3v) is 3.25. The van der Waals surface area contributed by atoms with Crippen LogP contribution in [0.3, 0.4) is 0 Å². The van der Waals surface area contributed by atoms with Crippen molar-refractivity contribution in [3.05, 3.63) is 51.2 Å². The van der Waals surface area contributed by atoms with E-state index in [2.05, 4.69) is 11.4 Å². The molecular weight excluding hydrogens is 240 g/mol. The lowest BCUT2D eigenvalue weighted by atomic mass is 10.3. The Morgan fingerprint density at radius 1 is 1.38 bits per heavy atom. The van der Waals surface area contributed by atoms with Crippen molar-refractivity contribution in [3.8, 4) is 6.07 Å². The first-order chi connectivity index (χ1) is 7.78. The fraction of sp³-hybridized carbons (Fsp3) is 0.0833. The molecule has 1 N–H and O–H groups in total. The monoisotopic (exact) mass is 248 g/mol. The van der Waals surface area contributed by atoms with Crippen molar-refractivity contribution in [2.24, 2.45) is 0 Å². The van der Waals surface area contributed by atoms with Gasteiger partial charge in [0.2, 0.25) is 0 Å². The Labute approximate surface area is 103 Å². The molecule has 0 saturated carbocycles. The van der Waals surface area contributed by atoms with Crippen LogP contribution in [0.15, 0.2) is 35.7 Å². The van der Waals surface area contributed by atoms with E-state index in [1.54, 1.807) is 11.3 Å². The maximum absolute atomic E-state index is 8.69. The molecule has 0 atom stereocenters. The minimum atomic E-state index is 0.715. The van der Waals surface area contributed by atoms with E-state index in [0.717, 1.165) is 10.6 Å². The van der Waals surface area contributed by atoms with E-state index in [4.69, 9.17) is 16.9 Å². The maximum atomic E-state index is 8.69. The fourth-order valence-electron chi connectivity index (χ4n) is 1.32. The molecule has 0 fully saturated rings. The second-order valence-corrected chi connectivity index (χ2v) is 4.71. The molecule has 0 aliphatic heterocycles. The number of hydrogen-bond acceptors (Lipinski definition) is 3. The van der Waals surface area contributed by atoms with E-state index in [1.807, 2.05) is 35.7 Å². The molecule has 1 aromatic carbocycles. The molecule has 0 spiro atoms. The molecular formula is C12H9ClN2S. The highest BCUT2D eigenvalue weighted by Crippen LogP contribution is 2.18. The second-order valence-electron chi connectivity index (χ2n) is 3.28. The molecule has 0 amide bonds. The molecule has 80 valence electrons. The Morgan fingerprint density at radius 3 is 2.94 bits per heavy atom. The van der Waals surface area contributed by atoms with Gasteiger partial charge >= 0.3 is 0 Å². The second kappa shape index (κ2) is 5.02. The average Bonchev–Trinajstić information content (AvgIpc) is 2.74. The topological polar surface area (TPSA) is 35.8 Å². The molecule has 1 aromatic heterocycles. The van der Waals surface area contributed by atoms with Crippen LogP contribution in [0.1, 0.15) is 10.4 Å². The highest BCUT2D eigenvalue weighted by molar-refractivity contribution is 7.10. The SMILES string of the molecule is N#Cc1csc(CNc2cccc(Cl)c2)c1. The van der Waals surface area contributed by atoms with Crippen LogP contribution >= 0.6 is 22.9 Å². The van der Waals surface area contributed by atoms with Gasteiger partial charge in [0.15, 0.2) is 0 Å². The zero-order valence-corrected chi connectivity index (χ0v) is 9.98. The fourth-order valence-corrected chi connectivity index (χ4v) is 2.26. The summed E-state index contributed by atoms with van der Waals surface area (Å²) < 4.78 is 0. The Kier molecular flexibility index (Phi) is 3.45. The van der Waals surface area contributed by atoms with Crippen molar-refractivity contribution < 1.29 is 0 Å². The smallest absolute Gasteiger partial charge is 0.100 e. The Morgan fingerprint density at radius 2 is 2.25 bits per heavy atom. The van der Waals surface area contributed by atoms with Gasteiger partial charge in [0.1, 0.15) is 6.07 Å². The van der Waals surface area contributed by atoms with Crippen molar-refractivity contribution in [1.82, 2.24) is 0 Å². The van der Waals surface area contributed by atoms with Gasteiger partial charge in [-0.15, -0.1) is 11.3 Å². The normalized spacial score (nSPS) is 9.75. The summed E-state index contributed by atoms with van der Waals surface area (Å²) in [6.07, 6.45) is 0. The van der Waals surface area contributed by atoms with Crippen LogP contribution in [0.4, 0.5) is 5.69 Å². The molecule has 2 rings (SSSR count). The predicted octanol–water partition coefficient (Wildman–Crippen LogP) is 3.89. The van der Waals surface area contributed by atoms with E-state index >= 15 is 0 Å². The summed E-state index contributed by atoms with van der Waals surface area (Å²) in [5, 5.41) is 14.5. The molecule has 4 heteroatoms. The summed E-state index contributed by atoms with van der Waals surface area (Å²) in [5.74, 6) is 0.